The second-order valence-electron chi connectivity index (χ2n) is 5.33. The Morgan fingerprint density at radius 2 is 2.09 bits per heavy atom. The molecule has 0 amide bonds. The van der Waals surface area contributed by atoms with Crippen LogP contribution in [-0.4, -0.2) is 37.7 Å². The normalized spacial score (nSPS) is 18.0. The number of nitro groups is 1. The quantitative estimate of drug-likeness (QED) is 0.483. The van der Waals surface area contributed by atoms with Crippen molar-refractivity contribution in [1.29, 1.82) is 0 Å². The highest BCUT2D eigenvalue weighted by atomic mass is 16.6. The van der Waals surface area contributed by atoms with Gasteiger partial charge in [-0.2, -0.15) is 0 Å². The number of nitro benzene ring substituents is 1. The third kappa shape index (κ3) is 2.98. The fourth-order valence-electron chi connectivity index (χ4n) is 2.83. The van der Waals surface area contributed by atoms with E-state index in [-0.39, 0.29) is 23.0 Å². The van der Waals surface area contributed by atoms with E-state index < -0.39 is 10.9 Å². The fraction of sp³-hybridized carbons (Fsp3) is 0.533. The van der Waals surface area contributed by atoms with Gasteiger partial charge in [-0.15, -0.1) is 0 Å². The molecule has 0 saturated carbocycles. The number of carbonyl (C=O) groups is 1. The number of carbonyl (C=O) groups excluding carboxylic acids is 1. The molecule has 1 atom stereocenters. The van der Waals surface area contributed by atoms with Gasteiger partial charge in [-0.3, -0.25) is 10.1 Å². The molecule has 1 unspecified atom stereocenters. The van der Waals surface area contributed by atoms with Gasteiger partial charge in [0.15, 0.2) is 0 Å². The number of esters is 1. The molecule has 7 nitrogen and oxygen atoms in total. The number of hydrogen-bond donors (Lipinski definition) is 0. The highest BCUT2D eigenvalue weighted by molar-refractivity contribution is 5.95. The third-order valence-electron chi connectivity index (χ3n) is 4.01. The zero-order chi connectivity index (χ0) is 16.3. The van der Waals surface area contributed by atoms with Crippen molar-refractivity contribution >= 4 is 17.3 Å². The van der Waals surface area contributed by atoms with Gasteiger partial charge in [0.1, 0.15) is 17.0 Å². The average molecular weight is 308 g/mol. The molecule has 1 saturated heterocycles. The Morgan fingerprint density at radius 3 is 2.64 bits per heavy atom. The van der Waals surface area contributed by atoms with Crippen molar-refractivity contribution in [2.75, 3.05) is 25.7 Å². The number of anilines is 1. The molecule has 1 aromatic carbocycles. The Bertz CT molecular complexity index is 588. The predicted octanol–water partition coefficient (Wildman–Crippen LogP) is 2.77. The summed E-state index contributed by atoms with van der Waals surface area (Å²) in [5.74, 6) is -0.372. The van der Waals surface area contributed by atoms with Gasteiger partial charge < -0.3 is 14.4 Å². The monoisotopic (exact) mass is 308 g/mol. The molecule has 0 radical (unpaired) electrons. The molecule has 0 aromatic heterocycles. The minimum absolute atomic E-state index is 0.0603. The molecule has 0 bridgehead atoms. The summed E-state index contributed by atoms with van der Waals surface area (Å²) in [6.45, 7) is 2.80. The van der Waals surface area contributed by atoms with Crippen LogP contribution in [0.3, 0.4) is 0 Å². The van der Waals surface area contributed by atoms with Crippen LogP contribution >= 0.6 is 0 Å². The molecule has 22 heavy (non-hydrogen) atoms. The minimum Gasteiger partial charge on any atom is -0.496 e. The number of ether oxygens (including phenoxy) is 2. The molecular formula is C15H20N2O5. The van der Waals surface area contributed by atoms with Crippen LogP contribution in [0.1, 0.15) is 36.5 Å². The molecule has 7 heteroatoms. The van der Waals surface area contributed by atoms with E-state index in [9.17, 15) is 14.9 Å². The first-order valence-corrected chi connectivity index (χ1v) is 7.21. The zero-order valence-corrected chi connectivity index (χ0v) is 13.0. The Kier molecular flexibility index (Phi) is 4.85. The van der Waals surface area contributed by atoms with Gasteiger partial charge in [0.25, 0.3) is 5.69 Å². The summed E-state index contributed by atoms with van der Waals surface area (Å²) in [5.41, 5.74) is 0.446. The van der Waals surface area contributed by atoms with Gasteiger partial charge in [-0.1, -0.05) is 0 Å². The first-order valence-electron chi connectivity index (χ1n) is 7.21. The maximum atomic E-state index is 11.8. The van der Waals surface area contributed by atoms with Crippen LogP contribution in [0.25, 0.3) is 0 Å². The second kappa shape index (κ2) is 6.64. The predicted molar refractivity (Wildman–Crippen MR) is 81.6 cm³/mol. The summed E-state index contributed by atoms with van der Waals surface area (Å²) in [6.07, 6.45) is 3.09. The second-order valence-corrected chi connectivity index (χ2v) is 5.33. The third-order valence-corrected chi connectivity index (χ3v) is 4.01. The van der Waals surface area contributed by atoms with Gasteiger partial charge in [0, 0.05) is 24.7 Å². The highest BCUT2D eigenvalue weighted by Gasteiger charge is 2.29. The Morgan fingerprint density at radius 1 is 1.36 bits per heavy atom. The van der Waals surface area contributed by atoms with Crippen molar-refractivity contribution in [2.24, 2.45) is 0 Å². The molecule has 1 heterocycles. The smallest absolute Gasteiger partial charge is 0.341 e. The molecule has 1 aliphatic rings. The van der Waals surface area contributed by atoms with E-state index in [0.29, 0.717) is 5.69 Å². The summed E-state index contributed by atoms with van der Waals surface area (Å²) in [7, 11) is 2.66. The van der Waals surface area contributed by atoms with Crippen LogP contribution in [0.2, 0.25) is 0 Å². The van der Waals surface area contributed by atoms with E-state index in [1.165, 1.54) is 20.3 Å². The molecule has 0 N–H and O–H groups in total. The van der Waals surface area contributed by atoms with Crippen molar-refractivity contribution in [3.05, 3.63) is 27.8 Å². The van der Waals surface area contributed by atoms with E-state index in [4.69, 9.17) is 4.74 Å². The van der Waals surface area contributed by atoms with Gasteiger partial charge >= 0.3 is 5.97 Å². The zero-order valence-electron chi connectivity index (χ0n) is 13.0. The number of benzene rings is 1. The van der Waals surface area contributed by atoms with Gasteiger partial charge in [0.2, 0.25) is 0 Å². The summed E-state index contributed by atoms with van der Waals surface area (Å²) < 4.78 is 9.88. The van der Waals surface area contributed by atoms with Crippen LogP contribution in [-0.2, 0) is 4.74 Å². The first kappa shape index (κ1) is 16.1. The summed E-state index contributed by atoms with van der Waals surface area (Å²) >= 11 is 0. The molecule has 0 aliphatic carbocycles. The minimum atomic E-state index is -0.654. The van der Waals surface area contributed by atoms with E-state index in [2.05, 4.69) is 4.74 Å². The van der Waals surface area contributed by atoms with Gasteiger partial charge in [0.05, 0.1) is 19.1 Å². The molecule has 2 rings (SSSR count). The number of methoxy groups -OCH3 is 2. The van der Waals surface area contributed by atoms with Crippen molar-refractivity contribution in [3.63, 3.8) is 0 Å². The number of rotatable bonds is 4. The van der Waals surface area contributed by atoms with Gasteiger partial charge in [-0.05, 0) is 26.2 Å². The van der Waals surface area contributed by atoms with Crippen molar-refractivity contribution in [3.8, 4) is 5.75 Å². The lowest BCUT2D eigenvalue weighted by Crippen LogP contribution is -2.37. The highest BCUT2D eigenvalue weighted by Crippen LogP contribution is 2.38. The molecule has 1 aromatic rings. The molecule has 1 fully saturated rings. The van der Waals surface area contributed by atoms with Crippen LogP contribution in [0.5, 0.6) is 5.75 Å². The maximum Gasteiger partial charge on any atom is 0.341 e. The Labute approximate surface area is 129 Å². The van der Waals surface area contributed by atoms with Crippen LogP contribution < -0.4 is 9.64 Å². The van der Waals surface area contributed by atoms with E-state index in [1.54, 1.807) is 6.07 Å². The van der Waals surface area contributed by atoms with Crippen molar-refractivity contribution in [1.82, 2.24) is 0 Å². The summed E-state index contributed by atoms with van der Waals surface area (Å²) in [6, 6.07) is 3.01. The molecule has 0 spiro atoms. The molecule has 120 valence electrons. The number of nitrogens with zero attached hydrogens (tertiary/aromatic N) is 2. The van der Waals surface area contributed by atoms with Crippen LogP contribution in [0.15, 0.2) is 12.1 Å². The number of hydrogen-bond acceptors (Lipinski definition) is 6. The standard InChI is InChI=1S/C15H20N2O5/c1-10-6-4-5-7-16(10)12-9-14(21-2)11(15(18)22-3)8-13(12)17(19)20/h8-10H,4-7H2,1-3H3. The molecule has 1 aliphatic heterocycles. The number of piperidine rings is 1. The lowest BCUT2D eigenvalue weighted by molar-refractivity contribution is -0.384. The van der Waals surface area contributed by atoms with E-state index in [0.717, 1.165) is 25.8 Å². The van der Waals surface area contributed by atoms with E-state index >= 15 is 0 Å². The molecular weight excluding hydrogens is 288 g/mol. The average Bonchev–Trinajstić information content (AvgIpc) is 2.53. The van der Waals surface area contributed by atoms with Crippen molar-refractivity contribution < 1.29 is 19.2 Å². The maximum absolute atomic E-state index is 11.8. The van der Waals surface area contributed by atoms with Crippen LogP contribution in [0, 0.1) is 10.1 Å². The lowest BCUT2D eigenvalue weighted by atomic mass is 10.0. The summed E-state index contributed by atoms with van der Waals surface area (Å²) in [4.78, 5) is 24.7. The lowest BCUT2D eigenvalue weighted by Gasteiger charge is -2.35. The Balaban J connectivity index is 2.57. The van der Waals surface area contributed by atoms with Gasteiger partial charge in [-0.25, -0.2) is 4.79 Å². The topological polar surface area (TPSA) is 81.9 Å². The van der Waals surface area contributed by atoms with E-state index in [1.807, 2.05) is 11.8 Å². The fourth-order valence-corrected chi connectivity index (χ4v) is 2.83. The summed E-state index contributed by atoms with van der Waals surface area (Å²) in [5, 5.41) is 11.4. The first-order chi connectivity index (χ1) is 10.5. The SMILES string of the molecule is COC(=O)c1cc([N+](=O)[O-])c(N2CCCCC2C)cc1OC. The largest absolute Gasteiger partial charge is 0.496 e. The van der Waals surface area contributed by atoms with Crippen molar-refractivity contribution in [2.45, 2.75) is 32.2 Å². The van der Waals surface area contributed by atoms with Crippen LogP contribution in [0.4, 0.5) is 11.4 Å². The Hall–Kier alpha value is -2.31.